The Balaban J connectivity index is 1.01. The van der Waals surface area contributed by atoms with Gasteiger partial charge in [-0.15, -0.1) is 0 Å². The number of nitrogens with zero attached hydrogens (tertiary/aromatic N) is 5. The lowest BCUT2D eigenvalue weighted by Crippen LogP contribution is -2.51. The molecular formula is C61H71N9O6. The third-order valence-electron chi connectivity index (χ3n) is 15.0. The lowest BCUT2D eigenvalue weighted by atomic mass is 9.92. The molecule has 0 bridgehead atoms. The lowest BCUT2D eigenvalue weighted by molar-refractivity contribution is -0.135. The maximum absolute atomic E-state index is 13.9. The second-order valence-electron chi connectivity index (χ2n) is 21.0. The van der Waals surface area contributed by atoms with Crippen LogP contribution in [0.2, 0.25) is 0 Å². The number of carbonyl (C=O) groups is 2. The van der Waals surface area contributed by atoms with Gasteiger partial charge in [0.2, 0.25) is 12.1 Å². The summed E-state index contributed by atoms with van der Waals surface area (Å²) in [5.74, 6) is 3.85. The molecule has 10 rings (SSSR count). The summed E-state index contributed by atoms with van der Waals surface area (Å²) < 4.78 is 27.6. The van der Waals surface area contributed by atoms with Gasteiger partial charge in [0, 0.05) is 47.3 Å². The number of likely N-dealkylation sites (tertiary alicyclic amines) is 1. The molecule has 76 heavy (non-hydrogen) atoms. The molecule has 3 aliphatic rings. The first-order chi connectivity index (χ1) is 36.9. The van der Waals surface area contributed by atoms with E-state index < -0.39 is 18.4 Å². The number of fused-ring (bicyclic) bond motifs is 4. The number of nitrogens with two attached hydrogens (primary N) is 1. The Kier molecular flexibility index (Phi) is 15.8. The maximum atomic E-state index is 13.9. The van der Waals surface area contributed by atoms with Crippen LogP contribution in [0, 0.1) is 11.8 Å². The molecule has 7 aromatic rings. The average molecular weight is 1030 g/mol. The minimum Gasteiger partial charge on any atom is -0.489 e. The first-order valence-corrected chi connectivity index (χ1v) is 26.9. The molecule has 0 spiro atoms. The summed E-state index contributed by atoms with van der Waals surface area (Å²) >= 11 is 0. The van der Waals surface area contributed by atoms with E-state index in [9.17, 15) is 9.59 Å². The topological polar surface area (TPSA) is 178 Å². The van der Waals surface area contributed by atoms with Crippen LogP contribution in [0.1, 0.15) is 119 Å². The molecule has 2 amide bonds. The maximum Gasteiger partial charge on any atom is 0.407 e. The monoisotopic (exact) mass is 1030 g/mol. The number of carbonyl (C=O) groups excluding carboxylic acids is 2. The fourth-order valence-corrected chi connectivity index (χ4v) is 10.6. The second-order valence-corrected chi connectivity index (χ2v) is 21.0. The number of hydrogen-bond donors (Lipinski definition) is 4. The van der Waals surface area contributed by atoms with Crippen molar-refractivity contribution in [2.24, 2.45) is 17.6 Å². The summed E-state index contributed by atoms with van der Waals surface area (Å²) in [6.45, 7) is 13.6. The number of ether oxygens (including phenoxy) is 4. The number of hydrogen-bond acceptors (Lipinski definition) is 10. The molecule has 2 aliphatic heterocycles. The molecule has 15 heteroatoms. The van der Waals surface area contributed by atoms with Crippen molar-refractivity contribution in [3.8, 4) is 22.8 Å². The van der Waals surface area contributed by atoms with Crippen LogP contribution < -0.4 is 20.5 Å². The van der Waals surface area contributed by atoms with Crippen LogP contribution in [0.5, 0.6) is 11.5 Å². The molecule has 3 aromatic heterocycles. The van der Waals surface area contributed by atoms with Crippen LogP contribution in [0.3, 0.4) is 0 Å². The van der Waals surface area contributed by atoms with Crippen molar-refractivity contribution in [2.45, 2.75) is 111 Å². The molecule has 1 saturated heterocycles. The van der Waals surface area contributed by atoms with Gasteiger partial charge in [0.1, 0.15) is 48.2 Å². The third kappa shape index (κ3) is 11.5. The summed E-state index contributed by atoms with van der Waals surface area (Å²) in [4.78, 5) is 47.3. The molecule has 4 unspecified atom stereocenters. The summed E-state index contributed by atoms with van der Waals surface area (Å²) in [5.41, 5.74) is 16.7. The van der Waals surface area contributed by atoms with Crippen molar-refractivity contribution in [1.82, 2.24) is 39.6 Å². The van der Waals surface area contributed by atoms with E-state index in [0.29, 0.717) is 43.0 Å². The third-order valence-corrected chi connectivity index (χ3v) is 15.0. The van der Waals surface area contributed by atoms with Crippen molar-refractivity contribution in [2.75, 3.05) is 26.7 Å². The van der Waals surface area contributed by atoms with Crippen molar-refractivity contribution >= 4 is 34.0 Å². The number of rotatable bonds is 20. The zero-order valence-corrected chi connectivity index (χ0v) is 44.6. The largest absolute Gasteiger partial charge is 0.489 e. The van der Waals surface area contributed by atoms with E-state index in [4.69, 9.17) is 34.6 Å². The number of alkyl carbamates (subject to hydrolysis) is 1. The van der Waals surface area contributed by atoms with E-state index in [1.165, 1.54) is 7.11 Å². The Hall–Kier alpha value is -7.62. The Bertz CT molecular complexity index is 3150. The van der Waals surface area contributed by atoms with Gasteiger partial charge in [0.05, 0.1) is 54.7 Å². The van der Waals surface area contributed by atoms with E-state index in [0.717, 1.165) is 118 Å². The van der Waals surface area contributed by atoms with Crippen LogP contribution in [0.25, 0.3) is 33.3 Å². The van der Waals surface area contributed by atoms with Gasteiger partial charge in [0.25, 0.3) is 0 Å². The first kappa shape index (κ1) is 51.8. The number of aromatic nitrogens is 5. The van der Waals surface area contributed by atoms with E-state index in [2.05, 4.69) is 105 Å². The predicted molar refractivity (Wildman–Crippen MR) is 296 cm³/mol. The molecule has 4 atom stereocenters. The number of H-pyrrole nitrogens is 2. The fraction of sp³-hybridized carbons (Fsp3) is 0.377. The van der Waals surface area contributed by atoms with Crippen LogP contribution in [0.4, 0.5) is 4.79 Å². The Morgan fingerprint density at radius 1 is 0.855 bits per heavy atom. The summed E-state index contributed by atoms with van der Waals surface area (Å²) in [6.07, 6.45) is 9.24. The van der Waals surface area contributed by atoms with Crippen LogP contribution >= 0.6 is 0 Å². The number of aromatic amines is 2. The Morgan fingerprint density at radius 3 is 2.24 bits per heavy atom. The van der Waals surface area contributed by atoms with Gasteiger partial charge in [-0.3, -0.25) is 9.69 Å². The van der Waals surface area contributed by atoms with Gasteiger partial charge in [-0.25, -0.2) is 14.8 Å². The number of amides is 2. The highest BCUT2D eigenvalue weighted by atomic mass is 16.5. The fourth-order valence-electron chi connectivity index (χ4n) is 10.6. The quantitative estimate of drug-likeness (QED) is 0.0574. The zero-order chi connectivity index (χ0) is 52.9. The molecule has 1 aliphatic carbocycles. The van der Waals surface area contributed by atoms with Gasteiger partial charge in [0.15, 0.2) is 0 Å². The number of methoxy groups -OCH3 is 1. The van der Waals surface area contributed by atoms with Gasteiger partial charge in [-0.2, -0.15) is 0 Å². The lowest BCUT2D eigenvalue weighted by Gasteiger charge is -2.33. The van der Waals surface area contributed by atoms with E-state index in [-0.39, 0.29) is 30.5 Å². The Labute approximate surface area is 445 Å². The summed E-state index contributed by atoms with van der Waals surface area (Å²) in [5, 5.41) is 3.76. The Morgan fingerprint density at radius 2 is 1.57 bits per heavy atom. The molecule has 5 heterocycles. The molecule has 1 fully saturated rings. The minimum atomic E-state index is -0.741. The zero-order valence-electron chi connectivity index (χ0n) is 44.6. The molecule has 0 radical (unpaired) electrons. The first-order valence-electron chi connectivity index (χ1n) is 26.9. The van der Waals surface area contributed by atoms with Gasteiger partial charge >= 0.3 is 6.09 Å². The molecule has 5 N–H and O–H groups in total. The number of benzene rings is 4. The number of imidazole rings is 2. The molecule has 0 saturated carbocycles. The normalized spacial score (nSPS) is 17.2. The highest BCUT2D eigenvalue weighted by molar-refractivity contribution is 5.92. The van der Waals surface area contributed by atoms with E-state index in [1.54, 1.807) is 4.90 Å². The van der Waals surface area contributed by atoms with Gasteiger partial charge < -0.3 is 49.4 Å². The van der Waals surface area contributed by atoms with Crippen LogP contribution in [-0.4, -0.2) is 85.1 Å². The molecule has 396 valence electrons. The van der Waals surface area contributed by atoms with E-state index in [1.807, 2.05) is 75.6 Å². The smallest absolute Gasteiger partial charge is 0.407 e. The SMILES string of the molecule is CCCN(Cc1ncc(-c2ccc3c(c2)cc2n3C(c3cc(OCc4ccccc4)cc(OCc4ccccc4)c3)OC3=C2CCC(c2cnc(C4CCCN4CC(N)C(C)C)[nH]2)=C3)[nH]1)C(=O)C(NC(=O)OC)C(C)C. The van der Waals surface area contributed by atoms with Crippen LogP contribution in [-0.2, 0) is 34.0 Å². The summed E-state index contributed by atoms with van der Waals surface area (Å²) in [7, 11) is 1.30. The molecule has 15 nitrogen and oxygen atoms in total. The second kappa shape index (κ2) is 23.1. The van der Waals surface area contributed by atoms with Crippen molar-refractivity contribution in [3.05, 3.63) is 167 Å². The minimum absolute atomic E-state index is 0.106. The van der Waals surface area contributed by atoms with Gasteiger partial charge in [-0.1, -0.05) is 101 Å². The highest BCUT2D eigenvalue weighted by Crippen LogP contribution is 2.47. The number of nitrogens with one attached hydrogen (secondary N) is 3. The van der Waals surface area contributed by atoms with E-state index >= 15 is 0 Å². The molecular weight excluding hydrogens is 955 g/mol. The standard InChI is InChI=1S/C61H71N9O6/c1-7-24-69(59(71)57(39(4)5)67-61(72)73-6)35-56-63-32-50(65-56)42-21-23-52-44(26-42)29-54-48-22-20-43(51-33-64-58(66-51)53-19-14-25-68(53)34-49(62)38(2)3)30-55(48)76-60(70(52)54)45-27-46(74-36-40-15-10-8-11-16-40)31-47(28-45)75-37-41-17-12-9-13-18-41/h8-13,15-18,21,23,26-33,38-39,49,53,57,60H,7,14,19-20,22,24-25,34-37,62H2,1-6H3,(H,63,65)(H,64,66)(H,67,72). The summed E-state index contributed by atoms with van der Waals surface area (Å²) in [6, 6.07) is 34.7. The van der Waals surface area contributed by atoms with Crippen molar-refractivity contribution < 1.29 is 28.5 Å². The average Bonchev–Trinajstić information content (AvgIpc) is 4.30. The number of allylic oxidation sites excluding steroid dienone is 3. The van der Waals surface area contributed by atoms with Crippen LogP contribution in [0.15, 0.2) is 127 Å². The van der Waals surface area contributed by atoms with Gasteiger partial charge in [-0.05, 0) is 104 Å². The highest BCUT2D eigenvalue weighted by Gasteiger charge is 2.35. The van der Waals surface area contributed by atoms with Crippen molar-refractivity contribution in [1.29, 1.82) is 0 Å². The van der Waals surface area contributed by atoms with Crippen molar-refractivity contribution in [3.63, 3.8) is 0 Å². The molecule has 4 aromatic carbocycles. The predicted octanol–water partition coefficient (Wildman–Crippen LogP) is 11.3.